The molecule has 0 unspecified atom stereocenters. The zero-order valence-corrected chi connectivity index (χ0v) is 14.9. The number of non-ortho nitro benzene ring substituents is 1. The average molecular weight is 370 g/mol. The van der Waals surface area contributed by atoms with Gasteiger partial charge in [-0.3, -0.25) is 14.9 Å². The molecule has 0 saturated carbocycles. The summed E-state index contributed by atoms with van der Waals surface area (Å²) < 4.78 is 10.0. The molecule has 1 aliphatic heterocycles. The van der Waals surface area contributed by atoms with Crippen molar-refractivity contribution in [2.45, 2.75) is 12.8 Å². The third-order valence-electron chi connectivity index (χ3n) is 4.44. The lowest BCUT2D eigenvalue weighted by Crippen LogP contribution is -2.36. The molecule has 1 aliphatic rings. The summed E-state index contributed by atoms with van der Waals surface area (Å²) in [5, 5.41) is 11.2. The lowest BCUT2D eigenvalue weighted by atomic mass is 9.99. The van der Waals surface area contributed by atoms with E-state index in [0.29, 0.717) is 18.0 Å². The van der Waals surface area contributed by atoms with Crippen LogP contribution in [0, 0.1) is 10.1 Å². The van der Waals surface area contributed by atoms with E-state index >= 15 is 0 Å². The first kappa shape index (κ1) is 18.4. The molecule has 140 valence electrons. The molecule has 0 spiro atoms. The second kappa shape index (κ2) is 7.45. The van der Waals surface area contributed by atoms with Crippen LogP contribution in [-0.2, 0) is 11.2 Å². The number of esters is 1. The molecule has 1 amide bonds. The number of rotatable bonds is 4. The highest BCUT2D eigenvalue weighted by atomic mass is 16.6. The van der Waals surface area contributed by atoms with Crippen molar-refractivity contribution in [1.82, 2.24) is 0 Å². The molecule has 2 aromatic rings. The molecule has 8 nitrogen and oxygen atoms in total. The van der Waals surface area contributed by atoms with Crippen molar-refractivity contribution >= 4 is 23.3 Å². The van der Waals surface area contributed by atoms with Gasteiger partial charge in [-0.15, -0.1) is 0 Å². The van der Waals surface area contributed by atoms with Gasteiger partial charge >= 0.3 is 5.97 Å². The van der Waals surface area contributed by atoms with Crippen LogP contribution in [0.5, 0.6) is 5.75 Å². The predicted octanol–water partition coefficient (Wildman–Crippen LogP) is 2.98. The number of nitrogens with zero attached hydrogens (tertiary/aromatic N) is 2. The van der Waals surface area contributed by atoms with Crippen molar-refractivity contribution in [1.29, 1.82) is 0 Å². The topological polar surface area (TPSA) is 99.0 Å². The largest absolute Gasteiger partial charge is 0.495 e. The van der Waals surface area contributed by atoms with Crippen LogP contribution in [0.25, 0.3) is 0 Å². The first-order valence-electron chi connectivity index (χ1n) is 8.31. The molecular weight excluding hydrogens is 352 g/mol. The number of hydrogen-bond acceptors (Lipinski definition) is 6. The summed E-state index contributed by atoms with van der Waals surface area (Å²) in [6, 6.07) is 9.10. The van der Waals surface area contributed by atoms with E-state index in [0.717, 1.165) is 24.5 Å². The first-order valence-corrected chi connectivity index (χ1v) is 8.31. The van der Waals surface area contributed by atoms with Gasteiger partial charge in [-0.1, -0.05) is 12.1 Å². The van der Waals surface area contributed by atoms with E-state index in [9.17, 15) is 19.7 Å². The van der Waals surface area contributed by atoms with Crippen LogP contribution >= 0.6 is 0 Å². The Bertz CT molecular complexity index is 910. The molecule has 0 N–H and O–H groups in total. The number of methoxy groups -OCH3 is 2. The van der Waals surface area contributed by atoms with E-state index < -0.39 is 16.8 Å². The molecule has 1 heterocycles. The highest BCUT2D eigenvalue weighted by molar-refractivity contribution is 6.09. The fourth-order valence-corrected chi connectivity index (χ4v) is 3.21. The van der Waals surface area contributed by atoms with Crippen LogP contribution < -0.4 is 9.64 Å². The fraction of sp³-hybridized carbons (Fsp3) is 0.263. The molecular formula is C19H18N2O6. The average Bonchev–Trinajstić information content (AvgIpc) is 2.71. The smallest absolute Gasteiger partial charge is 0.338 e. The number of carbonyl (C=O) groups is 2. The van der Waals surface area contributed by atoms with Gasteiger partial charge in [0.2, 0.25) is 0 Å². The molecule has 0 fully saturated rings. The molecule has 0 aromatic heterocycles. The number of amides is 1. The number of ether oxygens (including phenoxy) is 2. The standard InChI is InChI=1S/C19H18N2O6/c1-26-16-7-3-5-12-6-4-8-20(17(12)16)18(22)13-9-14(19(23)27-2)11-15(10-13)21(24)25/h3,5,7,9-11H,4,6,8H2,1-2H3. The van der Waals surface area contributed by atoms with Gasteiger partial charge in [-0.05, 0) is 30.5 Å². The number of anilines is 1. The van der Waals surface area contributed by atoms with E-state index in [1.807, 2.05) is 12.1 Å². The van der Waals surface area contributed by atoms with Crippen molar-refractivity contribution in [3.63, 3.8) is 0 Å². The second-order valence-corrected chi connectivity index (χ2v) is 6.05. The van der Waals surface area contributed by atoms with Gasteiger partial charge in [0, 0.05) is 24.2 Å². The van der Waals surface area contributed by atoms with Crippen molar-refractivity contribution in [3.05, 3.63) is 63.2 Å². The minimum absolute atomic E-state index is 0.0448. The van der Waals surface area contributed by atoms with Gasteiger partial charge < -0.3 is 14.4 Å². The maximum absolute atomic E-state index is 13.2. The van der Waals surface area contributed by atoms with Crippen LogP contribution in [0.2, 0.25) is 0 Å². The normalized spacial score (nSPS) is 12.9. The number of hydrogen-bond donors (Lipinski definition) is 0. The number of para-hydroxylation sites is 1. The third-order valence-corrected chi connectivity index (χ3v) is 4.44. The molecule has 0 aliphatic carbocycles. The molecule has 3 rings (SSSR count). The lowest BCUT2D eigenvalue weighted by Gasteiger charge is -2.31. The van der Waals surface area contributed by atoms with Crippen LogP contribution in [0.1, 0.15) is 32.7 Å². The highest BCUT2D eigenvalue weighted by Crippen LogP contribution is 2.37. The molecule has 2 aromatic carbocycles. The van der Waals surface area contributed by atoms with Gasteiger partial charge in [0.25, 0.3) is 11.6 Å². The predicted molar refractivity (Wildman–Crippen MR) is 97.4 cm³/mol. The Morgan fingerprint density at radius 2 is 1.89 bits per heavy atom. The second-order valence-electron chi connectivity index (χ2n) is 6.05. The van der Waals surface area contributed by atoms with Gasteiger partial charge in [-0.2, -0.15) is 0 Å². The van der Waals surface area contributed by atoms with Gasteiger partial charge in [0.15, 0.2) is 0 Å². The summed E-state index contributed by atoms with van der Waals surface area (Å²) >= 11 is 0. The van der Waals surface area contributed by atoms with Gasteiger partial charge in [-0.25, -0.2) is 4.79 Å². The van der Waals surface area contributed by atoms with Crippen molar-refractivity contribution in [2.75, 3.05) is 25.7 Å². The van der Waals surface area contributed by atoms with Crippen LogP contribution in [0.15, 0.2) is 36.4 Å². The minimum Gasteiger partial charge on any atom is -0.495 e. The maximum atomic E-state index is 13.2. The van der Waals surface area contributed by atoms with Crippen LogP contribution in [-0.4, -0.2) is 37.6 Å². The summed E-state index contributed by atoms with van der Waals surface area (Å²) in [7, 11) is 2.70. The summed E-state index contributed by atoms with van der Waals surface area (Å²) in [5.41, 5.74) is 1.27. The van der Waals surface area contributed by atoms with E-state index in [1.165, 1.54) is 31.3 Å². The van der Waals surface area contributed by atoms with Crippen molar-refractivity contribution < 1.29 is 24.0 Å². The summed E-state index contributed by atoms with van der Waals surface area (Å²) in [4.78, 5) is 37.1. The van der Waals surface area contributed by atoms with Crippen LogP contribution in [0.3, 0.4) is 0 Å². The third kappa shape index (κ3) is 3.46. The zero-order valence-electron chi connectivity index (χ0n) is 14.9. The molecule has 8 heteroatoms. The number of benzene rings is 2. The van der Waals surface area contributed by atoms with E-state index in [2.05, 4.69) is 4.74 Å². The van der Waals surface area contributed by atoms with Gasteiger partial charge in [0.1, 0.15) is 5.75 Å². The Morgan fingerprint density at radius 3 is 2.56 bits per heavy atom. The molecule has 0 radical (unpaired) electrons. The number of nitro groups is 1. The quantitative estimate of drug-likeness (QED) is 0.466. The molecule has 0 saturated heterocycles. The lowest BCUT2D eigenvalue weighted by molar-refractivity contribution is -0.384. The Morgan fingerprint density at radius 1 is 1.15 bits per heavy atom. The number of carbonyl (C=O) groups excluding carboxylic acids is 2. The minimum atomic E-state index is -0.746. The Labute approximate surface area is 155 Å². The van der Waals surface area contributed by atoms with Crippen LogP contribution in [0.4, 0.5) is 11.4 Å². The van der Waals surface area contributed by atoms with Gasteiger partial charge in [0.05, 0.1) is 30.4 Å². The van der Waals surface area contributed by atoms with E-state index in [1.54, 1.807) is 6.07 Å². The molecule has 0 atom stereocenters. The highest BCUT2D eigenvalue weighted by Gasteiger charge is 2.28. The monoisotopic (exact) mass is 370 g/mol. The summed E-state index contributed by atoms with van der Waals surface area (Å²) in [6.07, 6.45) is 1.56. The number of fused-ring (bicyclic) bond motifs is 1. The first-order chi connectivity index (χ1) is 13.0. The number of aryl methyl sites for hydroxylation is 1. The molecule has 27 heavy (non-hydrogen) atoms. The number of nitro benzene ring substituents is 1. The molecule has 0 bridgehead atoms. The summed E-state index contributed by atoms with van der Waals surface area (Å²) in [5.74, 6) is -0.627. The fourth-order valence-electron chi connectivity index (χ4n) is 3.21. The summed E-state index contributed by atoms with van der Waals surface area (Å²) in [6.45, 7) is 0.447. The van der Waals surface area contributed by atoms with E-state index in [4.69, 9.17) is 4.74 Å². The zero-order chi connectivity index (χ0) is 19.6. The Balaban J connectivity index is 2.09. The Hall–Kier alpha value is -3.42. The van der Waals surface area contributed by atoms with Crippen molar-refractivity contribution in [3.8, 4) is 5.75 Å². The van der Waals surface area contributed by atoms with E-state index in [-0.39, 0.29) is 16.8 Å². The maximum Gasteiger partial charge on any atom is 0.338 e. The van der Waals surface area contributed by atoms with Crippen molar-refractivity contribution in [2.24, 2.45) is 0 Å². The SMILES string of the molecule is COC(=O)c1cc(C(=O)N2CCCc3cccc(OC)c32)cc([N+](=O)[O-])c1. The Kier molecular flexibility index (Phi) is 5.07.